The van der Waals surface area contributed by atoms with Crippen molar-refractivity contribution in [2.24, 2.45) is 5.92 Å². The molecule has 1 amide bonds. The molecule has 0 bridgehead atoms. The fourth-order valence-electron chi connectivity index (χ4n) is 1.95. The third-order valence-corrected chi connectivity index (χ3v) is 3.25. The molecule has 0 atom stereocenters. The molecule has 20 heavy (non-hydrogen) atoms. The highest BCUT2D eigenvalue weighted by Crippen LogP contribution is 2.21. The van der Waals surface area contributed by atoms with E-state index in [-0.39, 0.29) is 18.4 Å². The third kappa shape index (κ3) is 4.26. The van der Waals surface area contributed by atoms with Crippen LogP contribution in [0.25, 0.3) is 0 Å². The van der Waals surface area contributed by atoms with Gasteiger partial charge in [-0.1, -0.05) is 13.8 Å². The highest BCUT2D eigenvalue weighted by molar-refractivity contribution is 5.94. The van der Waals surface area contributed by atoms with E-state index in [0.29, 0.717) is 5.75 Å². The molecule has 5 nitrogen and oxygen atoms in total. The summed E-state index contributed by atoms with van der Waals surface area (Å²) in [7, 11) is 1.74. The van der Waals surface area contributed by atoms with Gasteiger partial charge in [0.2, 0.25) is 5.91 Å². The summed E-state index contributed by atoms with van der Waals surface area (Å²) in [4.78, 5) is 24.2. The quantitative estimate of drug-likeness (QED) is 0.833. The van der Waals surface area contributed by atoms with Gasteiger partial charge in [-0.05, 0) is 37.1 Å². The van der Waals surface area contributed by atoms with Crippen molar-refractivity contribution in [3.63, 3.8) is 0 Å². The zero-order chi connectivity index (χ0) is 15.1. The van der Waals surface area contributed by atoms with E-state index in [4.69, 9.17) is 9.84 Å². The lowest BCUT2D eigenvalue weighted by Gasteiger charge is -2.22. The summed E-state index contributed by atoms with van der Waals surface area (Å²) in [5.74, 6) is -0.424. The van der Waals surface area contributed by atoms with Gasteiger partial charge >= 0.3 is 5.97 Å². The van der Waals surface area contributed by atoms with E-state index >= 15 is 0 Å². The molecule has 110 valence electrons. The Hall–Kier alpha value is -2.04. The Morgan fingerprint density at radius 3 is 2.20 bits per heavy atom. The summed E-state index contributed by atoms with van der Waals surface area (Å²) in [6.45, 7) is 3.63. The normalized spacial score (nSPS) is 10.4. The number of aliphatic carboxylic acids is 1. The highest BCUT2D eigenvalue weighted by Gasteiger charge is 2.19. The van der Waals surface area contributed by atoms with Crippen LogP contribution in [0.4, 0.5) is 5.69 Å². The molecular formula is C15H21NO4. The Morgan fingerprint density at radius 2 is 1.75 bits per heavy atom. The molecule has 0 aliphatic rings. The molecule has 0 saturated heterocycles. The monoisotopic (exact) mass is 279 g/mol. The number of carboxylic acids is 1. The van der Waals surface area contributed by atoms with E-state index in [0.717, 1.165) is 18.5 Å². The second kappa shape index (κ2) is 7.53. The van der Waals surface area contributed by atoms with Crippen LogP contribution in [-0.2, 0) is 9.59 Å². The van der Waals surface area contributed by atoms with Gasteiger partial charge in [-0.2, -0.15) is 0 Å². The molecule has 0 heterocycles. The molecule has 0 spiro atoms. The second-order valence-electron chi connectivity index (χ2n) is 4.59. The van der Waals surface area contributed by atoms with Gasteiger partial charge in [0.15, 0.2) is 6.61 Å². The summed E-state index contributed by atoms with van der Waals surface area (Å²) < 4.78 is 5.05. The van der Waals surface area contributed by atoms with Gasteiger partial charge in [0.25, 0.3) is 0 Å². The standard InChI is InChI=1S/C15H21NO4/c1-4-11(5-2)15(19)16(3)12-6-8-13(9-7-12)20-10-14(17)18/h6-9,11H,4-5,10H2,1-3H3,(H,17,18). The maximum Gasteiger partial charge on any atom is 0.341 e. The number of carbonyl (C=O) groups is 2. The molecule has 0 saturated carbocycles. The van der Waals surface area contributed by atoms with Crippen molar-refractivity contribution < 1.29 is 19.4 Å². The van der Waals surface area contributed by atoms with Crippen LogP contribution < -0.4 is 9.64 Å². The SMILES string of the molecule is CCC(CC)C(=O)N(C)c1ccc(OCC(=O)O)cc1. The minimum atomic E-state index is -1.02. The van der Waals surface area contributed by atoms with Gasteiger partial charge in [0.1, 0.15) is 5.75 Å². The number of amides is 1. The second-order valence-corrected chi connectivity index (χ2v) is 4.59. The van der Waals surface area contributed by atoms with Crippen molar-refractivity contribution in [1.82, 2.24) is 0 Å². The molecule has 0 fully saturated rings. The van der Waals surface area contributed by atoms with Crippen LogP contribution in [0.3, 0.4) is 0 Å². The van der Waals surface area contributed by atoms with E-state index in [1.165, 1.54) is 0 Å². The maximum absolute atomic E-state index is 12.2. The number of nitrogens with zero attached hydrogens (tertiary/aromatic N) is 1. The predicted molar refractivity (Wildman–Crippen MR) is 77.1 cm³/mol. The average molecular weight is 279 g/mol. The highest BCUT2D eigenvalue weighted by atomic mass is 16.5. The number of hydrogen-bond acceptors (Lipinski definition) is 3. The number of anilines is 1. The van der Waals surface area contributed by atoms with Gasteiger partial charge in [-0.3, -0.25) is 4.79 Å². The summed E-state index contributed by atoms with van der Waals surface area (Å²) in [6.07, 6.45) is 1.64. The van der Waals surface area contributed by atoms with E-state index in [1.54, 1.807) is 36.2 Å². The summed E-state index contributed by atoms with van der Waals surface area (Å²) in [6, 6.07) is 6.82. The molecular weight excluding hydrogens is 258 g/mol. The first-order valence-electron chi connectivity index (χ1n) is 6.71. The fourth-order valence-corrected chi connectivity index (χ4v) is 1.95. The minimum Gasteiger partial charge on any atom is -0.482 e. The lowest BCUT2D eigenvalue weighted by atomic mass is 10.0. The molecule has 1 aromatic rings. The molecule has 0 aliphatic heterocycles. The van der Waals surface area contributed by atoms with E-state index in [1.807, 2.05) is 13.8 Å². The topological polar surface area (TPSA) is 66.8 Å². The first kappa shape index (κ1) is 16.0. The summed E-state index contributed by atoms with van der Waals surface area (Å²) >= 11 is 0. The van der Waals surface area contributed by atoms with Crippen molar-refractivity contribution in [2.45, 2.75) is 26.7 Å². The number of carboxylic acid groups (broad SMARTS) is 1. The number of benzene rings is 1. The van der Waals surface area contributed by atoms with Crippen LogP contribution in [0.5, 0.6) is 5.75 Å². The molecule has 1 rings (SSSR count). The van der Waals surface area contributed by atoms with Gasteiger partial charge < -0.3 is 14.7 Å². The zero-order valence-corrected chi connectivity index (χ0v) is 12.1. The zero-order valence-electron chi connectivity index (χ0n) is 12.1. The molecule has 1 N–H and O–H groups in total. The van der Waals surface area contributed by atoms with Gasteiger partial charge in [0.05, 0.1) is 0 Å². The Morgan fingerprint density at radius 1 is 1.20 bits per heavy atom. The molecule has 0 radical (unpaired) electrons. The van der Waals surface area contributed by atoms with Crippen molar-refractivity contribution in [1.29, 1.82) is 0 Å². The van der Waals surface area contributed by atoms with Crippen molar-refractivity contribution >= 4 is 17.6 Å². The number of hydrogen-bond donors (Lipinski definition) is 1. The lowest BCUT2D eigenvalue weighted by molar-refractivity contribution is -0.139. The molecule has 0 unspecified atom stereocenters. The number of ether oxygens (including phenoxy) is 1. The Bertz CT molecular complexity index is 451. The number of rotatable bonds is 7. The largest absolute Gasteiger partial charge is 0.482 e. The van der Waals surface area contributed by atoms with Crippen molar-refractivity contribution in [2.75, 3.05) is 18.6 Å². The molecule has 0 aromatic heterocycles. The summed E-state index contributed by atoms with van der Waals surface area (Å²) in [5.41, 5.74) is 0.768. The van der Waals surface area contributed by atoms with E-state index < -0.39 is 5.97 Å². The minimum absolute atomic E-state index is 0.0305. The van der Waals surface area contributed by atoms with E-state index in [2.05, 4.69) is 0 Å². The predicted octanol–water partition coefficient (Wildman–Crippen LogP) is 2.55. The first-order valence-corrected chi connectivity index (χ1v) is 6.71. The molecule has 0 aliphatic carbocycles. The smallest absolute Gasteiger partial charge is 0.341 e. The van der Waals surface area contributed by atoms with E-state index in [9.17, 15) is 9.59 Å². The van der Waals surface area contributed by atoms with Gasteiger partial charge in [-0.15, -0.1) is 0 Å². The van der Waals surface area contributed by atoms with Crippen molar-refractivity contribution in [3.8, 4) is 5.75 Å². The maximum atomic E-state index is 12.2. The number of carbonyl (C=O) groups excluding carboxylic acids is 1. The van der Waals surface area contributed by atoms with Crippen LogP contribution in [-0.4, -0.2) is 30.6 Å². The van der Waals surface area contributed by atoms with Crippen LogP contribution in [0, 0.1) is 5.92 Å². The van der Waals surface area contributed by atoms with Crippen LogP contribution in [0.1, 0.15) is 26.7 Å². The van der Waals surface area contributed by atoms with Crippen molar-refractivity contribution in [3.05, 3.63) is 24.3 Å². The van der Waals surface area contributed by atoms with Crippen LogP contribution >= 0.6 is 0 Å². The first-order chi connectivity index (χ1) is 9.49. The molecule has 5 heteroatoms. The lowest BCUT2D eigenvalue weighted by Crippen LogP contribution is -2.32. The van der Waals surface area contributed by atoms with Crippen LogP contribution in [0.2, 0.25) is 0 Å². The van der Waals surface area contributed by atoms with Gasteiger partial charge in [-0.25, -0.2) is 4.79 Å². The molecule has 1 aromatic carbocycles. The van der Waals surface area contributed by atoms with Crippen LogP contribution in [0.15, 0.2) is 24.3 Å². The Labute approximate surface area is 119 Å². The third-order valence-electron chi connectivity index (χ3n) is 3.25. The fraction of sp³-hybridized carbons (Fsp3) is 0.467. The Kier molecular flexibility index (Phi) is 6.03. The average Bonchev–Trinajstić information content (AvgIpc) is 2.46. The summed E-state index contributed by atoms with van der Waals surface area (Å²) in [5, 5.41) is 8.53. The van der Waals surface area contributed by atoms with Gasteiger partial charge in [0, 0.05) is 18.7 Å². The Balaban J connectivity index is 2.72.